The second-order valence-electron chi connectivity index (χ2n) is 2.95. The van der Waals surface area contributed by atoms with Crippen LogP contribution in [-0.2, 0) is 4.79 Å². The van der Waals surface area contributed by atoms with Crippen molar-refractivity contribution in [3.8, 4) is 10.6 Å². The third-order valence-electron chi connectivity index (χ3n) is 1.82. The van der Waals surface area contributed by atoms with Gasteiger partial charge in [-0.15, -0.1) is 22.7 Å². The molecule has 15 heavy (non-hydrogen) atoms. The average molecular weight is 239 g/mol. The lowest BCUT2D eigenvalue weighted by Gasteiger charge is -1.91. The Hall–Kier alpha value is -1.27. The predicted molar refractivity (Wildman–Crippen MR) is 62.4 cm³/mol. The summed E-state index contributed by atoms with van der Waals surface area (Å²) in [6.45, 7) is 3.93. The molecule has 2 aromatic rings. The molecule has 0 aliphatic carbocycles. The number of nitrogens with one attached hydrogen (secondary N) is 1. The van der Waals surface area contributed by atoms with Crippen LogP contribution in [0.25, 0.3) is 10.6 Å². The highest BCUT2D eigenvalue weighted by atomic mass is 32.1. The van der Waals surface area contributed by atoms with E-state index in [1.165, 1.54) is 11.3 Å². The molecule has 0 saturated carbocycles. The Morgan fingerprint density at radius 3 is 2.80 bits per heavy atom. The molecule has 0 saturated heterocycles. The molecule has 0 aromatic carbocycles. The van der Waals surface area contributed by atoms with Gasteiger partial charge in [0.05, 0.1) is 21.3 Å². The van der Waals surface area contributed by atoms with Crippen LogP contribution >= 0.6 is 22.7 Å². The lowest BCUT2D eigenvalue weighted by molar-refractivity contribution is -0.105. The topological polar surface area (TPSA) is 54.9 Å². The van der Waals surface area contributed by atoms with Crippen LogP contribution in [0.4, 0.5) is 5.13 Å². The van der Waals surface area contributed by atoms with Gasteiger partial charge in [-0.1, -0.05) is 0 Å². The molecule has 2 aromatic heterocycles. The van der Waals surface area contributed by atoms with Crippen LogP contribution in [0, 0.1) is 13.8 Å². The summed E-state index contributed by atoms with van der Waals surface area (Å²) in [5.74, 6) is 0. The zero-order valence-corrected chi connectivity index (χ0v) is 9.91. The maximum absolute atomic E-state index is 10.2. The normalized spacial score (nSPS) is 10.3. The van der Waals surface area contributed by atoms with Gasteiger partial charge in [-0.05, 0) is 13.8 Å². The molecule has 0 atom stereocenters. The predicted octanol–water partition coefficient (Wildman–Crippen LogP) is 2.45. The van der Waals surface area contributed by atoms with E-state index in [-0.39, 0.29) is 0 Å². The number of rotatable bonds is 3. The van der Waals surface area contributed by atoms with E-state index in [4.69, 9.17) is 0 Å². The van der Waals surface area contributed by atoms with Gasteiger partial charge in [0.15, 0.2) is 5.13 Å². The van der Waals surface area contributed by atoms with Gasteiger partial charge in [0.1, 0.15) is 0 Å². The van der Waals surface area contributed by atoms with E-state index in [9.17, 15) is 4.79 Å². The minimum absolute atomic E-state index is 0.616. The summed E-state index contributed by atoms with van der Waals surface area (Å²) in [5.41, 5.74) is 1.87. The number of aryl methyl sites for hydroxylation is 2. The van der Waals surface area contributed by atoms with Crippen molar-refractivity contribution in [1.29, 1.82) is 0 Å². The van der Waals surface area contributed by atoms with E-state index in [2.05, 4.69) is 15.3 Å². The Bertz CT molecular complexity index is 489. The molecule has 4 nitrogen and oxygen atoms in total. The van der Waals surface area contributed by atoms with Crippen molar-refractivity contribution in [2.45, 2.75) is 13.8 Å². The van der Waals surface area contributed by atoms with Crippen molar-refractivity contribution in [3.63, 3.8) is 0 Å². The molecular weight excluding hydrogens is 230 g/mol. The van der Waals surface area contributed by atoms with Gasteiger partial charge >= 0.3 is 0 Å². The largest absolute Gasteiger partial charge is 0.305 e. The summed E-state index contributed by atoms with van der Waals surface area (Å²) in [6.07, 6.45) is 0.632. The Labute approximate surface area is 95.0 Å². The molecule has 0 radical (unpaired) electrons. The van der Waals surface area contributed by atoms with Crippen molar-refractivity contribution < 1.29 is 4.79 Å². The Morgan fingerprint density at radius 2 is 2.20 bits per heavy atom. The second-order valence-corrected chi connectivity index (χ2v) is 5.01. The van der Waals surface area contributed by atoms with Crippen LogP contribution in [0.5, 0.6) is 0 Å². The van der Waals surface area contributed by atoms with Crippen molar-refractivity contribution in [3.05, 3.63) is 16.1 Å². The fourth-order valence-corrected chi connectivity index (χ4v) is 2.88. The summed E-state index contributed by atoms with van der Waals surface area (Å²) in [7, 11) is 0. The first-order valence-corrected chi connectivity index (χ1v) is 6.00. The first-order chi connectivity index (χ1) is 7.20. The fourth-order valence-electron chi connectivity index (χ4n) is 1.26. The van der Waals surface area contributed by atoms with Crippen LogP contribution in [0.15, 0.2) is 5.38 Å². The number of carbonyl (C=O) groups excluding carboxylic acids is 1. The summed E-state index contributed by atoms with van der Waals surface area (Å²) < 4.78 is 0. The molecule has 1 N–H and O–H groups in total. The van der Waals surface area contributed by atoms with E-state index in [0.717, 1.165) is 21.3 Å². The van der Waals surface area contributed by atoms with Gasteiger partial charge < -0.3 is 5.32 Å². The fraction of sp³-hybridized carbons (Fsp3) is 0.222. The molecule has 1 amide bonds. The number of hydrogen-bond donors (Lipinski definition) is 1. The lowest BCUT2D eigenvalue weighted by atomic mass is 10.3. The first-order valence-electron chi connectivity index (χ1n) is 4.31. The molecule has 6 heteroatoms. The third-order valence-corrected chi connectivity index (χ3v) is 3.69. The van der Waals surface area contributed by atoms with Crippen LogP contribution in [0.1, 0.15) is 10.7 Å². The zero-order chi connectivity index (χ0) is 10.8. The molecule has 0 fully saturated rings. The van der Waals surface area contributed by atoms with E-state index < -0.39 is 0 Å². The second kappa shape index (κ2) is 4.08. The molecule has 2 rings (SSSR count). The number of nitrogens with zero attached hydrogens (tertiary/aromatic N) is 2. The summed E-state index contributed by atoms with van der Waals surface area (Å²) in [4.78, 5) is 19.9. The van der Waals surface area contributed by atoms with Gasteiger partial charge in [-0.2, -0.15) is 0 Å². The van der Waals surface area contributed by atoms with Gasteiger partial charge in [-0.3, -0.25) is 4.79 Å². The maximum Gasteiger partial charge on any atom is 0.213 e. The molecule has 0 spiro atoms. The van der Waals surface area contributed by atoms with Crippen molar-refractivity contribution in [1.82, 2.24) is 9.97 Å². The molecule has 0 unspecified atom stereocenters. The van der Waals surface area contributed by atoms with Gasteiger partial charge in [-0.25, -0.2) is 9.97 Å². The third kappa shape index (κ3) is 2.05. The summed E-state index contributed by atoms with van der Waals surface area (Å²) >= 11 is 3.03. The summed E-state index contributed by atoms with van der Waals surface area (Å²) in [6, 6.07) is 0. The molecular formula is C9H9N3OS2. The number of carbonyl (C=O) groups is 1. The van der Waals surface area contributed by atoms with E-state index in [0.29, 0.717) is 11.5 Å². The molecule has 0 aliphatic rings. The Balaban J connectivity index is 2.36. The van der Waals surface area contributed by atoms with E-state index >= 15 is 0 Å². The Morgan fingerprint density at radius 1 is 1.40 bits per heavy atom. The van der Waals surface area contributed by atoms with E-state index in [1.807, 2.05) is 19.2 Å². The number of anilines is 1. The highest BCUT2D eigenvalue weighted by Crippen LogP contribution is 2.31. The molecule has 78 valence electrons. The van der Waals surface area contributed by atoms with Crippen LogP contribution in [0.2, 0.25) is 0 Å². The minimum atomic E-state index is 0.616. The average Bonchev–Trinajstić information content (AvgIpc) is 2.73. The molecule has 0 aliphatic heterocycles. The van der Waals surface area contributed by atoms with Crippen molar-refractivity contribution in [2.24, 2.45) is 0 Å². The monoisotopic (exact) mass is 239 g/mol. The number of amides is 1. The molecule has 2 heterocycles. The highest BCUT2D eigenvalue weighted by molar-refractivity contribution is 7.16. The van der Waals surface area contributed by atoms with Crippen LogP contribution in [0.3, 0.4) is 0 Å². The van der Waals surface area contributed by atoms with Crippen molar-refractivity contribution in [2.75, 3.05) is 5.32 Å². The van der Waals surface area contributed by atoms with Crippen molar-refractivity contribution >= 4 is 34.2 Å². The van der Waals surface area contributed by atoms with Gasteiger partial charge in [0.25, 0.3) is 0 Å². The molecule has 0 bridgehead atoms. The number of hydrogen-bond acceptors (Lipinski definition) is 5. The van der Waals surface area contributed by atoms with Gasteiger partial charge in [0, 0.05) is 5.38 Å². The quantitative estimate of drug-likeness (QED) is 0.837. The number of aromatic nitrogens is 2. The standard InChI is InChI=1S/C9H9N3OS2/c1-5-8(15-6(2)11-5)7-3-14-9(12-7)10-4-13/h3-4H,1-2H3,(H,10,12,13). The summed E-state index contributed by atoms with van der Waals surface area (Å²) in [5, 5.41) is 6.10. The lowest BCUT2D eigenvalue weighted by Crippen LogP contribution is -1.91. The van der Waals surface area contributed by atoms with Gasteiger partial charge in [0.2, 0.25) is 6.41 Å². The highest BCUT2D eigenvalue weighted by Gasteiger charge is 2.10. The smallest absolute Gasteiger partial charge is 0.213 e. The Kier molecular flexibility index (Phi) is 2.79. The maximum atomic E-state index is 10.2. The zero-order valence-electron chi connectivity index (χ0n) is 8.27. The minimum Gasteiger partial charge on any atom is -0.305 e. The SMILES string of the molecule is Cc1nc(C)c(-c2csc(NC=O)n2)s1. The van der Waals surface area contributed by atoms with Crippen LogP contribution < -0.4 is 5.32 Å². The first kappa shape index (κ1) is 10.3. The van der Waals surface area contributed by atoms with Crippen LogP contribution in [-0.4, -0.2) is 16.4 Å². The van der Waals surface area contributed by atoms with E-state index in [1.54, 1.807) is 11.3 Å². The number of thiazole rings is 2.